The summed E-state index contributed by atoms with van der Waals surface area (Å²) in [6, 6.07) is 10.3. The standard InChI is InChI=1S/C19H19ClN4O3/c1-4-24(11-12-6-5-7-13(20)10-12)18(26)15-9-8-14-16(21-15)22(2)19(27)23(3)17(14)25/h5-10H,4,11H2,1-3H3. The molecule has 0 aliphatic rings. The Kier molecular flexibility index (Phi) is 5.14. The lowest BCUT2D eigenvalue weighted by atomic mass is 10.2. The third-order valence-corrected chi connectivity index (χ3v) is 4.69. The molecule has 27 heavy (non-hydrogen) atoms. The molecule has 0 aliphatic heterocycles. The van der Waals surface area contributed by atoms with Crippen LogP contribution in [0.4, 0.5) is 0 Å². The zero-order chi connectivity index (χ0) is 19.7. The maximum Gasteiger partial charge on any atom is 0.332 e. The number of hydrogen-bond donors (Lipinski definition) is 0. The van der Waals surface area contributed by atoms with E-state index in [1.165, 1.54) is 30.8 Å². The van der Waals surface area contributed by atoms with Crippen LogP contribution in [0.1, 0.15) is 23.0 Å². The van der Waals surface area contributed by atoms with Gasteiger partial charge in [0.2, 0.25) is 0 Å². The Morgan fingerprint density at radius 3 is 2.56 bits per heavy atom. The lowest BCUT2D eigenvalue weighted by Crippen LogP contribution is -2.37. The highest BCUT2D eigenvalue weighted by molar-refractivity contribution is 6.30. The van der Waals surface area contributed by atoms with E-state index in [1.807, 2.05) is 19.1 Å². The molecule has 3 rings (SSSR count). The van der Waals surface area contributed by atoms with Crippen LogP contribution in [0.3, 0.4) is 0 Å². The number of carbonyl (C=O) groups is 1. The third kappa shape index (κ3) is 3.50. The second-order valence-electron chi connectivity index (χ2n) is 6.22. The van der Waals surface area contributed by atoms with Gasteiger partial charge in [-0.2, -0.15) is 0 Å². The smallest absolute Gasteiger partial charge is 0.332 e. The quantitative estimate of drug-likeness (QED) is 0.686. The van der Waals surface area contributed by atoms with Crippen LogP contribution in [0.2, 0.25) is 5.02 Å². The van der Waals surface area contributed by atoms with E-state index in [9.17, 15) is 14.4 Å². The number of pyridine rings is 1. The molecule has 0 unspecified atom stereocenters. The Balaban J connectivity index is 2.01. The molecule has 0 bridgehead atoms. The minimum Gasteiger partial charge on any atom is -0.333 e. The Morgan fingerprint density at radius 2 is 1.89 bits per heavy atom. The number of benzene rings is 1. The number of rotatable bonds is 4. The first-order valence-electron chi connectivity index (χ1n) is 8.44. The second-order valence-corrected chi connectivity index (χ2v) is 6.66. The molecule has 3 aromatic rings. The zero-order valence-electron chi connectivity index (χ0n) is 15.3. The van der Waals surface area contributed by atoms with Crippen molar-refractivity contribution in [3.63, 3.8) is 0 Å². The summed E-state index contributed by atoms with van der Waals surface area (Å²) >= 11 is 6.01. The number of amides is 1. The normalized spacial score (nSPS) is 11.0. The van der Waals surface area contributed by atoms with Gasteiger partial charge in [-0.15, -0.1) is 0 Å². The Hall–Kier alpha value is -2.93. The average Bonchev–Trinajstić information content (AvgIpc) is 2.68. The van der Waals surface area contributed by atoms with Gasteiger partial charge in [-0.25, -0.2) is 9.78 Å². The van der Waals surface area contributed by atoms with Crippen molar-refractivity contribution in [2.75, 3.05) is 6.54 Å². The molecule has 2 aromatic heterocycles. The highest BCUT2D eigenvalue weighted by Crippen LogP contribution is 2.15. The molecule has 0 radical (unpaired) electrons. The number of hydrogen-bond acceptors (Lipinski definition) is 4. The average molecular weight is 387 g/mol. The fourth-order valence-electron chi connectivity index (χ4n) is 2.92. The monoisotopic (exact) mass is 386 g/mol. The summed E-state index contributed by atoms with van der Waals surface area (Å²) in [5.41, 5.74) is 0.337. The van der Waals surface area contributed by atoms with Gasteiger partial charge in [0, 0.05) is 32.2 Å². The van der Waals surface area contributed by atoms with Crippen molar-refractivity contribution in [1.29, 1.82) is 0 Å². The third-order valence-electron chi connectivity index (χ3n) is 4.45. The fraction of sp³-hybridized carbons (Fsp3) is 0.263. The van der Waals surface area contributed by atoms with Crippen LogP contribution in [0.15, 0.2) is 46.0 Å². The van der Waals surface area contributed by atoms with Gasteiger partial charge in [-0.3, -0.25) is 18.7 Å². The van der Waals surface area contributed by atoms with Gasteiger partial charge in [-0.05, 0) is 36.8 Å². The van der Waals surface area contributed by atoms with Crippen LogP contribution in [0.25, 0.3) is 11.0 Å². The van der Waals surface area contributed by atoms with Crippen LogP contribution in [0, 0.1) is 0 Å². The van der Waals surface area contributed by atoms with E-state index in [0.29, 0.717) is 18.1 Å². The molecule has 0 fully saturated rings. The molecule has 0 atom stereocenters. The Morgan fingerprint density at radius 1 is 1.15 bits per heavy atom. The highest BCUT2D eigenvalue weighted by Gasteiger charge is 2.18. The minimum absolute atomic E-state index is 0.176. The molecule has 1 aromatic carbocycles. The van der Waals surface area contributed by atoms with Crippen molar-refractivity contribution in [2.24, 2.45) is 14.1 Å². The maximum absolute atomic E-state index is 12.9. The summed E-state index contributed by atoms with van der Waals surface area (Å²) in [5.74, 6) is -0.285. The van der Waals surface area contributed by atoms with E-state index in [0.717, 1.165) is 10.1 Å². The summed E-state index contributed by atoms with van der Waals surface area (Å²) in [7, 11) is 2.93. The zero-order valence-corrected chi connectivity index (χ0v) is 16.0. The van der Waals surface area contributed by atoms with Gasteiger partial charge in [0.25, 0.3) is 11.5 Å². The predicted octanol–water partition coefficient (Wildman–Crippen LogP) is 1.95. The molecule has 140 valence electrons. The van der Waals surface area contributed by atoms with Crippen LogP contribution >= 0.6 is 11.6 Å². The fourth-order valence-corrected chi connectivity index (χ4v) is 3.13. The first kappa shape index (κ1) is 18.8. The number of fused-ring (bicyclic) bond motifs is 1. The van der Waals surface area contributed by atoms with Crippen molar-refractivity contribution < 1.29 is 4.79 Å². The van der Waals surface area contributed by atoms with E-state index in [4.69, 9.17) is 11.6 Å². The summed E-state index contributed by atoms with van der Waals surface area (Å²) in [4.78, 5) is 43.2. The summed E-state index contributed by atoms with van der Waals surface area (Å²) in [5, 5.41) is 0.889. The van der Waals surface area contributed by atoms with Crippen LogP contribution in [0.5, 0.6) is 0 Å². The lowest BCUT2D eigenvalue weighted by molar-refractivity contribution is 0.0747. The first-order valence-corrected chi connectivity index (χ1v) is 8.81. The second kappa shape index (κ2) is 7.36. The van der Waals surface area contributed by atoms with Crippen LogP contribution < -0.4 is 11.2 Å². The van der Waals surface area contributed by atoms with E-state index in [-0.39, 0.29) is 22.6 Å². The van der Waals surface area contributed by atoms with Crippen molar-refractivity contribution in [3.8, 4) is 0 Å². The lowest BCUT2D eigenvalue weighted by Gasteiger charge is -2.21. The van der Waals surface area contributed by atoms with Crippen molar-refractivity contribution in [2.45, 2.75) is 13.5 Å². The van der Waals surface area contributed by atoms with E-state index >= 15 is 0 Å². The topological polar surface area (TPSA) is 77.2 Å². The van der Waals surface area contributed by atoms with E-state index in [2.05, 4.69) is 4.98 Å². The van der Waals surface area contributed by atoms with Crippen LogP contribution in [-0.4, -0.2) is 31.5 Å². The van der Waals surface area contributed by atoms with Gasteiger partial charge in [-0.1, -0.05) is 23.7 Å². The molecule has 2 heterocycles. The van der Waals surface area contributed by atoms with Crippen molar-refractivity contribution in [3.05, 3.63) is 73.5 Å². The summed E-state index contributed by atoms with van der Waals surface area (Å²) < 4.78 is 2.28. The molecule has 0 aliphatic carbocycles. The molecule has 0 saturated carbocycles. The number of carbonyl (C=O) groups excluding carboxylic acids is 1. The number of nitrogens with zero attached hydrogens (tertiary/aromatic N) is 4. The van der Waals surface area contributed by atoms with Gasteiger partial charge in [0.05, 0.1) is 5.39 Å². The van der Waals surface area contributed by atoms with Gasteiger partial charge in [0.15, 0.2) is 0 Å². The SMILES string of the molecule is CCN(Cc1cccc(Cl)c1)C(=O)c1ccc2c(=O)n(C)c(=O)n(C)c2n1. The Bertz CT molecular complexity index is 1150. The largest absolute Gasteiger partial charge is 0.333 e. The molecular weight excluding hydrogens is 368 g/mol. The molecule has 1 amide bonds. The molecule has 7 nitrogen and oxygen atoms in total. The number of halogens is 1. The van der Waals surface area contributed by atoms with Crippen molar-refractivity contribution in [1.82, 2.24) is 19.0 Å². The predicted molar refractivity (Wildman–Crippen MR) is 104 cm³/mol. The van der Waals surface area contributed by atoms with E-state index < -0.39 is 11.2 Å². The number of aromatic nitrogens is 3. The molecule has 0 N–H and O–H groups in total. The first-order chi connectivity index (χ1) is 12.8. The van der Waals surface area contributed by atoms with E-state index in [1.54, 1.807) is 17.0 Å². The number of aryl methyl sites for hydroxylation is 1. The highest BCUT2D eigenvalue weighted by atomic mass is 35.5. The maximum atomic E-state index is 12.9. The van der Waals surface area contributed by atoms with Gasteiger partial charge >= 0.3 is 5.69 Å². The minimum atomic E-state index is -0.490. The summed E-state index contributed by atoms with van der Waals surface area (Å²) in [6.07, 6.45) is 0. The van der Waals surface area contributed by atoms with Crippen LogP contribution in [-0.2, 0) is 20.6 Å². The molecular formula is C19H19ClN4O3. The van der Waals surface area contributed by atoms with Gasteiger partial charge < -0.3 is 4.90 Å². The van der Waals surface area contributed by atoms with Gasteiger partial charge in [0.1, 0.15) is 11.3 Å². The summed E-state index contributed by atoms with van der Waals surface area (Å²) in [6.45, 7) is 2.72. The molecule has 0 spiro atoms. The molecule has 8 heteroatoms. The van der Waals surface area contributed by atoms with Crippen molar-refractivity contribution >= 4 is 28.5 Å². The Labute approximate surface area is 160 Å². The molecule has 0 saturated heterocycles.